The van der Waals surface area contributed by atoms with E-state index >= 15 is 0 Å². The molecule has 0 N–H and O–H groups in total. The Morgan fingerprint density at radius 1 is 1.04 bits per heavy atom. The molecule has 1 heterocycles. The molecule has 4 nitrogen and oxygen atoms in total. The molecule has 0 saturated heterocycles. The van der Waals surface area contributed by atoms with Gasteiger partial charge in [-0.3, -0.25) is 0 Å². The Bertz CT molecular complexity index is 926. The van der Waals surface area contributed by atoms with Gasteiger partial charge in [-0.2, -0.15) is 5.26 Å². The van der Waals surface area contributed by atoms with Crippen molar-refractivity contribution in [3.05, 3.63) is 65.9 Å². The molecule has 0 bridgehead atoms. The van der Waals surface area contributed by atoms with E-state index in [9.17, 15) is 0 Å². The first kappa shape index (κ1) is 15.6. The Morgan fingerprint density at radius 3 is 2.75 bits per heavy atom. The molecule has 0 amide bonds. The minimum atomic E-state index is -0.0323. The lowest BCUT2D eigenvalue weighted by Gasteiger charge is -2.11. The largest absolute Gasteiger partial charge is 0.493 e. The minimum Gasteiger partial charge on any atom is -0.493 e. The van der Waals surface area contributed by atoms with Gasteiger partial charge in [0.2, 0.25) is 0 Å². The second-order valence-corrected chi connectivity index (χ2v) is 5.09. The molecule has 0 aliphatic heterocycles. The number of nitrogens with zero attached hydrogens (tertiary/aromatic N) is 2. The van der Waals surface area contributed by atoms with Crippen LogP contribution in [0.3, 0.4) is 0 Å². The average Bonchev–Trinajstić information content (AvgIpc) is 2.64. The summed E-state index contributed by atoms with van der Waals surface area (Å²) in [7, 11) is 1.58. The predicted octanol–water partition coefficient (Wildman–Crippen LogP) is 4.32. The summed E-state index contributed by atoms with van der Waals surface area (Å²) in [6, 6.07) is 19.6. The van der Waals surface area contributed by atoms with Gasteiger partial charge in [0.05, 0.1) is 18.3 Å². The Kier molecular flexibility index (Phi) is 4.73. The molecular weight excluding hydrogens is 300 g/mol. The molecular formula is C20H16N2O2. The first-order chi connectivity index (χ1) is 11.8. The fraction of sp³-hybridized carbons (Fsp3) is 0.100. The number of para-hydroxylation sites is 2. The number of rotatable bonds is 5. The molecule has 0 saturated carbocycles. The molecule has 0 aliphatic carbocycles. The topological polar surface area (TPSA) is 55.1 Å². The molecule has 2 aromatic carbocycles. The summed E-state index contributed by atoms with van der Waals surface area (Å²) in [6.07, 6.45) is 3.83. The van der Waals surface area contributed by atoms with Crippen molar-refractivity contribution in [3.8, 4) is 17.6 Å². The summed E-state index contributed by atoms with van der Waals surface area (Å²) in [5.74, 6) is 1.15. The standard InChI is InChI=1S/C20H16N2O2/c1-23-19-8-4-6-16(20(19)24-14-13-21)10-12-17-11-9-15-5-2-3-7-18(15)22-17/h2-12H,14H2,1H3. The monoisotopic (exact) mass is 316 g/mol. The Morgan fingerprint density at radius 2 is 1.92 bits per heavy atom. The Balaban J connectivity index is 1.94. The van der Waals surface area contributed by atoms with Crippen LogP contribution < -0.4 is 9.47 Å². The van der Waals surface area contributed by atoms with Gasteiger partial charge >= 0.3 is 0 Å². The average molecular weight is 316 g/mol. The van der Waals surface area contributed by atoms with Crippen molar-refractivity contribution in [3.63, 3.8) is 0 Å². The minimum absolute atomic E-state index is 0.0323. The summed E-state index contributed by atoms with van der Waals surface area (Å²) in [4.78, 5) is 4.61. The molecule has 0 aliphatic rings. The Labute approximate surface area is 140 Å². The highest BCUT2D eigenvalue weighted by atomic mass is 16.5. The zero-order valence-electron chi connectivity index (χ0n) is 13.3. The van der Waals surface area contributed by atoms with Gasteiger partial charge in [-0.1, -0.05) is 36.4 Å². The predicted molar refractivity (Wildman–Crippen MR) is 94.8 cm³/mol. The first-order valence-corrected chi connectivity index (χ1v) is 7.52. The van der Waals surface area contributed by atoms with E-state index < -0.39 is 0 Å². The highest BCUT2D eigenvalue weighted by Gasteiger charge is 2.08. The highest BCUT2D eigenvalue weighted by Crippen LogP contribution is 2.32. The van der Waals surface area contributed by atoms with Crippen molar-refractivity contribution >= 4 is 23.1 Å². The SMILES string of the molecule is COc1cccc(C=Cc2ccc3ccccc3n2)c1OCC#N. The summed E-state index contributed by atoms with van der Waals surface area (Å²) in [5.41, 5.74) is 2.63. The van der Waals surface area contributed by atoms with Gasteiger partial charge in [-0.15, -0.1) is 0 Å². The zero-order chi connectivity index (χ0) is 16.8. The second kappa shape index (κ2) is 7.30. The fourth-order valence-corrected chi connectivity index (χ4v) is 2.43. The van der Waals surface area contributed by atoms with Crippen molar-refractivity contribution in [2.75, 3.05) is 13.7 Å². The molecule has 0 unspecified atom stereocenters. The van der Waals surface area contributed by atoms with Gasteiger partial charge in [0.1, 0.15) is 6.07 Å². The van der Waals surface area contributed by atoms with Crippen LogP contribution in [0.25, 0.3) is 23.1 Å². The smallest absolute Gasteiger partial charge is 0.174 e. The van der Waals surface area contributed by atoms with Crippen LogP contribution in [0.2, 0.25) is 0 Å². The van der Waals surface area contributed by atoms with Crippen LogP contribution in [0.15, 0.2) is 54.6 Å². The number of fused-ring (bicyclic) bond motifs is 1. The lowest BCUT2D eigenvalue weighted by Crippen LogP contribution is -1.98. The third-order valence-corrected chi connectivity index (χ3v) is 3.56. The summed E-state index contributed by atoms with van der Waals surface area (Å²) < 4.78 is 10.8. The quantitative estimate of drug-likeness (QED) is 0.703. The van der Waals surface area contributed by atoms with Crippen LogP contribution in [0.1, 0.15) is 11.3 Å². The third-order valence-electron chi connectivity index (χ3n) is 3.56. The number of nitriles is 1. The normalized spacial score (nSPS) is 10.7. The van der Waals surface area contributed by atoms with Gasteiger partial charge in [0, 0.05) is 10.9 Å². The van der Waals surface area contributed by atoms with Crippen molar-refractivity contribution < 1.29 is 9.47 Å². The van der Waals surface area contributed by atoms with Gasteiger partial charge in [-0.05, 0) is 30.4 Å². The third kappa shape index (κ3) is 3.36. The maximum atomic E-state index is 8.75. The molecule has 4 heteroatoms. The first-order valence-electron chi connectivity index (χ1n) is 7.52. The number of benzene rings is 2. The van der Waals surface area contributed by atoms with E-state index in [1.165, 1.54) is 0 Å². The van der Waals surface area contributed by atoms with Crippen LogP contribution >= 0.6 is 0 Å². The van der Waals surface area contributed by atoms with Crippen LogP contribution in [0.4, 0.5) is 0 Å². The molecule has 24 heavy (non-hydrogen) atoms. The molecule has 1 aromatic heterocycles. The number of aromatic nitrogens is 1. The van der Waals surface area contributed by atoms with Crippen molar-refractivity contribution in [1.82, 2.24) is 4.98 Å². The van der Waals surface area contributed by atoms with Gasteiger partial charge in [0.25, 0.3) is 0 Å². The van der Waals surface area contributed by atoms with E-state index in [1.54, 1.807) is 13.2 Å². The Hall–Kier alpha value is -3.32. The number of hydrogen-bond donors (Lipinski definition) is 0. The van der Waals surface area contributed by atoms with Crippen molar-refractivity contribution in [1.29, 1.82) is 5.26 Å². The maximum absolute atomic E-state index is 8.75. The molecule has 0 spiro atoms. The number of methoxy groups -OCH3 is 1. The van der Waals surface area contributed by atoms with E-state index in [1.807, 2.05) is 66.8 Å². The number of ether oxygens (including phenoxy) is 2. The van der Waals surface area contributed by atoms with E-state index in [0.29, 0.717) is 11.5 Å². The highest BCUT2D eigenvalue weighted by molar-refractivity contribution is 5.81. The summed E-state index contributed by atoms with van der Waals surface area (Å²) >= 11 is 0. The molecule has 118 valence electrons. The van der Waals surface area contributed by atoms with Crippen LogP contribution in [-0.4, -0.2) is 18.7 Å². The van der Waals surface area contributed by atoms with E-state index in [4.69, 9.17) is 14.7 Å². The molecule has 0 atom stereocenters. The van der Waals surface area contributed by atoms with E-state index in [0.717, 1.165) is 22.2 Å². The van der Waals surface area contributed by atoms with Gasteiger partial charge in [0.15, 0.2) is 18.1 Å². The number of pyridine rings is 1. The van der Waals surface area contributed by atoms with Gasteiger partial charge < -0.3 is 9.47 Å². The van der Waals surface area contributed by atoms with Crippen molar-refractivity contribution in [2.45, 2.75) is 0 Å². The van der Waals surface area contributed by atoms with Crippen LogP contribution in [0, 0.1) is 11.3 Å². The lowest BCUT2D eigenvalue weighted by molar-refractivity contribution is 0.329. The van der Waals surface area contributed by atoms with Gasteiger partial charge in [-0.25, -0.2) is 4.98 Å². The molecule has 3 rings (SSSR count). The second-order valence-electron chi connectivity index (χ2n) is 5.09. The molecule has 3 aromatic rings. The molecule has 0 fully saturated rings. The fourth-order valence-electron chi connectivity index (χ4n) is 2.43. The van der Waals surface area contributed by atoms with E-state index in [-0.39, 0.29) is 6.61 Å². The lowest BCUT2D eigenvalue weighted by atomic mass is 10.1. The number of hydrogen-bond acceptors (Lipinski definition) is 4. The maximum Gasteiger partial charge on any atom is 0.174 e. The van der Waals surface area contributed by atoms with Crippen molar-refractivity contribution in [2.24, 2.45) is 0 Å². The summed E-state index contributed by atoms with van der Waals surface area (Å²) in [6.45, 7) is -0.0323. The summed E-state index contributed by atoms with van der Waals surface area (Å²) in [5, 5.41) is 9.85. The van der Waals surface area contributed by atoms with Crippen LogP contribution in [-0.2, 0) is 0 Å². The van der Waals surface area contributed by atoms with Crippen LogP contribution in [0.5, 0.6) is 11.5 Å². The zero-order valence-corrected chi connectivity index (χ0v) is 13.3. The van der Waals surface area contributed by atoms with E-state index in [2.05, 4.69) is 4.98 Å². The molecule has 0 radical (unpaired) electrons.